The second kappa shape index (κ2) is 8.36. The maximum atomic E-state index is 13.2. The molecule has 2 aromatic rings. The number of aromatic nitrogens is 2. The number of hydrogen-bond acceptors (Lipinski definition) is 3. The van der Waals surface area contributed by atoms with Crippen molar-refractivity contribution in [2.24, 2.45) is 0 Å². The van der Waals surface area contributed by atoms with Crippen molar-refractivity contribution in [2.75, 3.05) is 26.2 Å². The van der Waals surface area contributed by atoms with Crippen molar-refractivity contribution in [1.29, 1.82) is 0 Å². The quantitative estimate of drug-likeness (QED) is 0.705. The first-order chi connectivity index (χ1) is 13.9. The van der Waals surface area contributed by atoms with Crippen LogP contribution in [0.1, 0.15) is 42.1 Å². The standard InChI is InChI=1S/C20H22ClF3N4O/c21-17-18(20(23)24)25-28(19(17)14-3-4-14)12-16(29)27-9-7-26(8-10-27)11-13-1-5-15(22)6-2-13/h1-2,5-6,14,20H,3-4,7-12H2. The van der Waals surface area contributed by atoms with Crippen LogP contribution in [0.15, 0.2) is 24.3 Å². The predicted molar refractivity (Wildman–Crippen MR) is 102 cm³/mol. The first-order valence-electron chi connectivity index (χ1n) is 9.71. The minimum Gasteiger partial charge on any atom is -0.339 e. The van der Waals surface area contributed by atoms with Crippen molar-refractivity contribution in [3.8, 4) is 0 Å². The van der Waals surface area contributed by atoms with Crippen LogP contribution in [0.25, 0.3) is 0 Å². The van der Waals surface area contributed by atoms with E-state index in [4.69, 9.17) is 11.6 Å². The molecule has 5 nitrogen and oxygen atoms in total. The Labute approximate surface area is 172 Å². The molecule has 0 atom stereocenters. The van der Waals surface area contributed by atoms with E-state index < -0.39 is 12.1 Å². The van der Waals surface area contributed by atoms with Crippen molar-refractivity contribution < 1.29 is 18.0 Å². The average Bonchev–Trinajstić information content (AvgIpc) is 3.47. The molecular formula is C20H22ClF3N4O. The normalized spacial score (nSPS) is 17.9. The summed E-state index contributed by atoms with van der Waals surface area (Å²) in [7, 11) is 0. The molecule has 156 valence electrons. The lowest BCUT2D eigenvalue weighted by atomic mass is 10.2. The molecule has 4 rings (SSSR count). The van der Waals surface area contributed by atoms with Crippen LogP contribution in [0.5, 0.6) is 0 Å². The third kappa shape index (κ3) is 4.59. The summed E-state index contributed by atoms with van der Waals surface area (Å²) >= 11 is 6.12. The maximum Gasteiger partial charge on any atom is 0.283 e. The van der Waals surface area contributed by atoms with E-state index in [9.17, 15) is 18.0 Å². The zero-order valence-electron chi connectivity index (χ0n) is 15.8. The highest BCUT2D eigenvalue weighted by Crippen LogP contribution is 2.45. The van der Waals surface area contributed by atoms with Gasteiger partial charge >= 0.3 is 0 Å². The fourth-order valence-electron chi connectivity index (χ4n) is 3.71. The molecule has 0 spiro atoms. The van der Waals surface area contributed by atoms with E-state index in [1.807, 2.05) is 0 Å². The van der Waals surface area contributed by atoms with Crippen molar-refractivity contribution in [1.82, 2.24) is 19.6 Å². The Morgan fingerprint density at radius 2 is 1.79 bits per heavy atom. The van der Waals surface area contributed by atoms with E-state index in [2.05, 4.69) is 10.00 Å². The molecule has 9 heteroatoms. The average molecular weight is 427 g/mol. The molecule has 1 aromatic carbocycles. The fourth-order valence-corrected chi connectivity index (χ4v) is 4.08. The van der Waals surface area contributed by atoms with Gasteiger partial charge in [0.25, 0.3) is 6.43 Å². The van der Waals surface area contributed by atoms with Gasteiger partial charge in [0.1, 0.15) is 18.1 Å². The van der Waals surface area contributed by atoms with Gasteiger partial charge < -0.3 is 4.90 Å². The number of benzene rings is 1. The molecule has 1 aliphatic carbocycles. The van der Waals surface area contributed by atoms with Crippen LogP contribution >= 0.6 is 11.6 Å². The smallest absolute Gasteiger partial charge is 0.283 e. The van der Waals surface area contributed by atoms with Crippen molar-refractivity contribution in [2.45, 2.75) is 38.3 Å². The van der Waals surface area contributed by atoms with Crippen molar-refractivity contribution in [3.05, 3.63) is 52.1 Å². The zero-order chi connectivity index (χ0) is 20.5. The summed E-state index contributed by atoms with van der Waals surface area (Å²) in [5.41, 5.74) is 1.14. The predicted octanol–water partition coefficient (Wildman–Crippen LogP) is 3.84. The second-order valence-electron chi connectivity index (χ2n) is 7.60. The van der Waals surface area contributed by atoms with Gasteiger partial charge in [-0.2, -0.15) is 5.10 Å². The maximum absolute atomic E-state index is 13.2. The van der Waals surface area contributed by atoms with Gasteiger partial charge in [-0.1, -0.05) is 23.7 Å². The molecule has 0 N–H and O–H groups in total. The van der Waals surface area contributed by atoms with Crippen molar-refractivity contribution >= 4 is 17.5 Å². The number of halogens is 4. The molecule has 0 unspecified atom stereocenters. The summed E-state index contributed by atoms with van der Waals surface area (Å²) in [6.45, 7) is 3.11. The largest absolute Gasteiger partial charge is 0.339 e. The summed E-state index contributed by atoms with van der Waals surface area (Å²) in [6.07, 6.45) is -0.999. The lowest BCUT2D eigenvalue weighted by Crippen LogP contribution is -2.49. The lowest BCUT2D eigenvalue weighted by Gasteiger charge is -2.34. The number of alkyl halides is 2. The number of piperazine rings is 1. The molecule has 2 aliphatic rings. The number of nitrogens with zero attached hydrogens (tertiary/aromatic N) is 4. The van der Waals surface area contributed by atoms with E-state index in [1.165, 1.54) is 16.8 Å². The van der Waals surface area contributed by atoms with Gasteiger partial charge in [-0.25, -0.2) is 13.2 Å². The van der Waals surface area contributed by atoms with E-state index in [1.54, 1.807) is 17.0 Å². The Morgan fingerprint density at radius 3 is 2.38 bits per heavy atom. The number of carbonyl (C=O) groups is 1. The van der Waals surface area contributed by atoms with E-state index in [0.717, 1.165) is 18.4 Å². The minimum atomic E-state index is -2.76. The van der Waals surface area contributed by atoms with Crippen LogP contribution in [-0.2, 0) is 17.9 Å². The van der Waals surface area contributed by atoms with Crippen molar-refractivity contribution in [3.63, 3.8) is 0 Å². The molecule has 1 saturated heterocycles. The van der Waals surface area contributed by atoms with Gasteiger partial charge in [-0.3, -0.25) is 14.4 Å². The van der Waals surface area contributed by atoms with Gasteiger partial charge in [-0.15, -0.1) is 0 Å². The van der Waals surface area contributed by atoms with E-state index >= 15 is 0 Å². The number of hydrogen-bond donors (Lipinski definition) is 0. The highest BCUT2D eigenvalue weighted by molar-refractivity contribution is 6.32. The van der Waals surface area contributed by atoms with E-state index in [-0.39, 0.29) is 29.2 Å². The van der Waals surface area contributed by atoms with Gasteiger partial charge in [-0.05, 0) is 30.5 Å². The first-order valence-corrected chi connectivity index (χ1v) is 10.1. The molecular weight excluding hydrogens is 405 g/mol. The fraction of sp³-hybridized carbons (Fsp3) is 0.500. The first kappa shape index (κ1) is 20.2. The molecule has 29 heavy (non-hydrogen) atoms. The Kier molecular flexibility index (Phi) is 5.83. The SMILES string of the molecule is O=C(Cn1nc(C(F)F)c(Cl)c1C1CC1)N1CCN(Cc2ccc(F)cc2)CC1. The highest BCUT2D eigenvalue weighted by atomic mass is 35.5. The van der Waals surface area contributed by atoms with Gasteiger partial charge in [0.05, 0.1) is 10.7 Å². The number of rotatable bonds is 6. The molecule has 1 aliphatic heterocycles. The Hall–Kier alpha value is -2.06. The third-order valence-corrected chi connectivity index (χ3v) is 5.84. The Bertz CT molecular complexity index is 875. The van der Waals surface area contributed by atoms with Gasteiger partial charge in [0, 0.05) is 38.6 Å². The van der Waals surface area contributed by atoms with Crippen LogP contribution in [0, 0.1) is 5.82 Å². The summed E-state index contributed by atoms with van der Waals surface area (Å²) in [4.78, 5) is 16.7. The number of amides is 1. The summed E-state index contributed by atoms with van der Waals surface area (Å²) in [5.74, 6) is -0.292. The molecule has 1 aromatic heterocycles. The number of carbonyl (C=O) groups excluding carboxylic acids is 1. The van der Waals surface area contributed by atoms with E-state index in [0.29, 0.717) is 38.4 Å². The van der Waals surface area contributed by atoms with Crippen LogP contribution < -0.4 is 0 Å². The van der Waals surface area contributed by atoms with Crippen LogP contribution in [0.3, 0.4) is 0 Å². The summed E-state index contributed by atoms with van der Waals surface area (Å²) in [5, 5.41) is 3.93. The third-order valence-electron chi connectivity index (χ3n) is 5.46. The molecule has 0 bridgehead atoms. The van der Waals surface area contributed by atoms with Gasteiger partial charge in [0.15, 0.2) is 0 Å². The van der Waals surface area contributed by atoms with Crippen LogP contribution in [0.2, 0.25) is 5.02 Å². The van der Waals surface area contributed by atoms with Gasteiger partial charge in [0.2, 0.25) is 5.91 Å². The Morgan fingerprint density at radius 1 is 1.14 bits per heavy atom. The molecule has 2 heterocycles. The second-order valence-corrected chi connectivity index (χ2v) is 7.98. The molecule has 1 saturated carbocycles. The monoisotopic (exact) mass is 426 g/mol. The Balaban J connectivity index is 1.35. The molecule has 1 amide bonds. The zero-order valence-corrected chi connectivity index (χ0v) is 16.6. The molecule has 0 radical (unpaired) electrons. The molecule has 2 fully saturated rings. The highest BCUT2D eigenvalue weighted by Gasteiger charge is 2.35. The topological polar surface area (TPSA) is 41.4 Å². The van der Waals surface area contributed by atoms with Crippen LogP contribution in [0.4, 0.5) is 13.2 Å². The minimum absolute atomic E-state index is 0.000540. The lowest BCUT2D eigenvalue weighted by molar-refractivity contribution is -0.133. The summed E-state index contributed by atoms with van der Waals surface area (Å²) in [6, 6.07) is 6.40. The summed E-state index contributed by atoms with van der Waals surface area (Å²) < 4.78 is 40.7. The van der Waals surface area contributed by atoms with Crippen LogP contribution in [-0.4, -0.2) is 51.7 Å².